The van der Waals surface area contributed by atoms with Crippen LogP contribution < -0.4 is 0 Å². The number of aromatic amines is 2. The Kier molecular flexibility index (Phi) is 4.16. The Hall–Kier alpha value is -1.50. The van der Waals surface area contributed by atoms with Gasteiger partial charge in [0.2, 0.25) is 0 Å². The summed E-state index contributed by atoms with van der Waals surface area (Å²) in [6.45, 7) is 4.78. The minimum absolute atomic E-state index is 0.291. The summed E-state index contributed by atoms with van der Waals surface area (Å²) < 4.78 is 3.10. The molecule has 0 aliphatic rings. The highest BCUT2D eigenvalue weighted by Gasteiger charge is 2.12. The molecule has 3 aromatic rings. The van der Waals surface area contributed by atoms with Crippen LogP contribution >= 0.6 is 36.0 Å². The Morgan fingerprint density at radius 2 is 1.86 bits per heavy atom. The molecule has 0 bridgehead atoms. The van der Waals surface area contributed by atoms with Crippen molar-refractivity contribution in [3.8, 4) is 0 Å². The highest BCUT2D eigenvalue weighted by Crippen LogP contribution is 2.19. The van der Waals surface area contributed by atoms with E-state index in [9.17, 15) is 0 Å². The van der Waals surface area contributed by atoms with Crippen molar-refractivity contribution >= 4 is 47.2 Å². The van der Waals surface area contributed by atoms with Crippen LogP contribution in [-0.2, 0) is 6.54 Å². The van der Waals surface area contributed by atoms with Gasteiger partial charge in [-0.2, -0.15) is 0 Å². The third-order valence-corrected chi connectivity index (χ3v) is 4.33. The Morgan fingerprint density at radius 1 is 1.18 bits per heavy atom. The Balaban J connectivity index is 2.17. The fourth-order valence-corrected chi connectivity index (χ4v) is 2.93. The molecule has 7 heteroatoms. The highest BCUT2D eigenvalue weighted by atomic mass is 35.5. The predicted octanol–water partition coefficient (Wildman–Crippen LogP) is 4.98. The molecule has 22 heavy (non-hydrogen) atoms. The van der Waals surface area contributed by atoms with E-state index in [0.29, 0.717) is 26.9 Å². The number of nitrogens with one attached hydrogen (secondary N) is 2. The zero-order valence-corrected chi connectivity index (χ0v) is 14.6. The first kappa shape index (κ1) is 15.4. The molecule has 0 amide bonds. The van der Waals surface area contributed by atoms with Gasteiger partial charge in [0.1, 0.15) is 16.0 Å². The van der Waals surface area contributed by atoms with E-state index in [1.54, 1.807) is 0 Å². The maximum Gasteiger partial charge on any atom is 0.180 e. The van der Waals surface area contributed by atoms with E-state index in [1.165, 1.54) is 0 Å². The number of aromatic nitrogens is 4. The second kappa shape index (κ2) is 5.95. The van der Waals surface area contributed by atoms with Crippen molar-refractivity contribution in [1.82, 2.24) is 19.5 Å². The molecule has 0 atom stereocenters. The van der Waals surface area contributed by atoms with Crippen LogP contribution in [0.5, 0.6) is 0 Å². The Morgan fingerprint density at radius 3 is 2.50 bits per heavy atom. The molecule has 0 unspecified atom stereocenters. The summed E-state index contributed by atoms with van der Waals surface area (Å²) in [5, 5.41) is 0.715. The van der Waals surface area contributed by atoms with Gasteiger partial charge in [-0.05, 0) is 29.9 Å². The third kappa shape index (κ3) is 2.86. The van der Waals surface area contributed by atoms with Gasteiger partial charge in [-0.3, -0.25) is 4.57 Å². The van der Waals surface area contributed by atoms with Gasteiger partial charge in [-0.15, -0.1) is 0 Å². The summed E-state index contributed by atoms with van der Waals surface area (Å²) in [5.41, 5.74) is 2.70. The normalized spacial score (nSPS) is 11.5. The van der Waals surface area contributed by atoms with E-state index in [2.05, 4.69) is 28.8 Å². The Bertz CT molecular complexity index is 935. The second-order valence-electron chi connectivity index (χ2n) is 5.45. The lowest BCUT2D eigenvalue weighted by molar-refractivity contribution is 0.765. The topological polar surface area (TPSA) is 49.4 Å². The number of hydrogen-bond donors (Lipinski definition) is 2. The van der Waals surface area contributed by atoms with Crippen LogP contribution in [0.4, 0.5) is 0 Å². The van der Waals surface area contributed by atoms with Crippen LogP contribution in [0.2, 0.25) is 5.02 Å². The molecular formula is C15H15ClN4S2. The molecule has 0 aliphatic heterocycles. The molecule has 3 rings (SSSR count). The number of H-pyrrole nitrogens is 2. The van der Waals surface area contributed by atoms with Crippen molar-refractivity contribution in [3.63, 3.8) is 0 Å². The first-order valence-corrected chi connectivity index (χ1v) is 8.12. The molecule has 114 valence electrons. The SMILES string of the molecule is CC(C)c1nc2c([nH]1)c(=S)[nH]c(=S)n2Cc1ccc(Cl)cc1. The molecule has 0 saturated heterocycles. The minimum Gasteiger partial charge on any atom is -0.338 e. The van der Waals surface area contributed by atoms with Crippen molar-refractivity contribution in [2.75, 3.05) is 0 Å². The summed E-state index contributed by atoms with van der Waals surface area (Å²) in [4.78, 5) is 11.0. The van der Waals surface area contributed by atoms with Gasteiger partial charge in [0.25, 0.3) is 0 Å². The first-order valence-electron chi connectivity index (χ1n) is 6.93. The van der Waals surface area contributed by atoms with Crippen LogP contribution in [0.1, 0.15) is 31.2 Å². The monoisotopic (exact) mass is 350 g/mol. The maximum absolute atomic E-state index is 5.94. The van der Waals surface area contributed by atoms with Gasteiger partial charge in [0.15, 0.2) is 10.4 Å². The van der Waals surface area contributed by atoms with Gasteiger partial charge in [-0.1, -0.05) is 49.8 Å². The number of benzene rings is 1. The van der Waals surface area contributed by atoms with E-state index in [4.69, 9.17) is 36.0 Å². The summed E-state index contributed by atoms with van der Waals surface area (Å²) in [5.74, 6) is 1.19. The summed E-state index contributed by atoms with van der Waals surface area (Å²) in [7, 11) is 0. The van der Waals surface area contributed by atoms with Crippen molar-refractivity contribution < 1.29 is 0 Å². The molecule has 0 radical (unpaired) electrons. The van der Waals surface area contributed by atoms with Crippen LogP contribution in [0.15, 0.2) is 24.3 Å². The highest BCUT2D eigenvalue weighted by molar-refractivity contribution is 7.72. The standard InChI is InChI=1S/C15H15ClN4S2/c1-8(2)12-17-11-13(18-12)20(15(22)19-14(11)21)7-9-3-5-10(16)6-4-9/h3-6,8H,7H2,1-2H3,(H,17,18)(H,19,21,22). The van der Waals surface area contributed by atoms with Gasteiger partial charge in [0, 0.05) is 10.9 Å². The molecular weight excluding hydrogens is 336 g/mol. The third-order valence-electron chi connectivity index (χ3n) is 3.45. The summed E-state index contributed by atoms with van der Waals surface area (Å²) >= 11 is 16.7. The Labute approximate surface area is 143 Å². The van der Waals surface area contributed by atoms with E-state index < -0.39 is 0 Å². The lowest BCUT2D eigenvalue weighted by Crippen LogP contribution is -2.06. The second-order valence-corrected chi connectivity index (χ2v) is 6.68. The number of fused-ring (bicyclic) bond motifs is 1. The summed E-state index contributed by atoms with van der Waals surface area (Å²) in [6, 6.07) is 7.70. The number of hydrogen-bond acceptors (Lipinski definition) is 3. The molecule has 2 aromatic heterocycles. The van der Waals surface area contributed by atoms with Gasteiger partial charge in [-0.25, -0.2) is 4.98 Å². The predicted molar refractivity (Wildman–Crippen MR) is 94.7 cm³/mol. The molecule has 2 N–H and O–H groups in total. The largest absolute Gasteiger partial charge is 0.338 e. The van der Waals surface area contributed by atoms with Crippen molar-refractivity contribution in [2.45, 2.75) is 26.3 Å². The van der Waals surface area contributed by atoms with Crippen molar-refractivity contribution in [2.24, 2.45) is 0 Å². The van der Waals surface area contributed by atoms with E-state index in [-0.39, 0.29) is 0 Å². The van der Waals surface area contributed by atoms with Gasteiger partial charge >= 0.3 is 0 Å². The van der Waals surface area contributed by atoms with E-state index in [0.717, 1.165) is 22.6 Å². The molecule has 0 fully saturated rings. The smallest absolute Gasteiger partial charge is 0.180 e. The van der Waals surface area contributed by atoms with Crippen LogP contribution in [0.3, 0.4) is 0 Å². The van der Waals surface area contributed by atoms with Crippen LogP contribution in [0, 0.1) is 9.41 Å². The molecule has 1 aromatic carbocycles. The molecule has 0 spiro atoms. The lowest BCUT2D eigenvalue weighted by atomic mass is 10.2. The van der Waals surface area contributed by atoms with Gasteiger partial charge in [0.05, 0.1) is 6.54 Å². The zero-order chi connectivity index (χ0) is 15.9. The van der Waals surface area contributed by atoms with Gasteiger partial charge < -0.3 is 9.97 Å². The first-order chi connectivity index (χ1) is 10.5. The molecule has 0 aliphatic carbocycles. The number of nitrogens with zero attached hydrogens (tertiary/aromatic N) is 2. The molecule has 0 saturated carbocycles. The fourth-order valence-electron chi connectivity index (χ4n) is 2.25. The minimum atomic E-state index is 0.291. The van der Waals surface area contributed by atoms with Crippen molar-refractivity contribution in [1.29, 1.82) is 0 Å². The van der Waals surface area contributed by atoms with Crippen molar-refractivity contribution in [3.05, 3.63) is 50.1 Å². The van der Waals surface area contributed by atoms with E-state index >= 15 is 0 Å². The lowest BCUT2D eigenvalue weighted by Gasteiger charge is -2.08. The average Bonchev–Trinajstić information content (AvgIpc) is 2.91. The fraction of sp³-hybridized carbons (Fsp3) is 0.267. The van der Waals surface area contributed by atoms with Crippen LogP contribution in [-0.4, -0.2) is 19.5 Å². The summed E-state index contributed by atoms with van der Waals surface area (Å²) in [6.07, 6.45) is 0. The number of rotatable bonds is 3. The quantitative estimate of drug-likeness (QED) is 0.655. The van der Waals surface area contributed by atoms with E-state index in [1.807, 2.05) is 28.8 Å². The van der Waals surface area contributed by atoms with Crippen LogP contribution in [0.25, 0.3) is 11.2 Å². The maximum atomic E-state index is 5.94. The number of halogens is 1. The number of imidazole rings is 1. The molecule has 2 heterocycles. The molecule has 4 nitrogen and oxygen atoms in total. The zero-order valence-electron chi connectivity index (χ0n) is 12.2. The average molecular weight is 351 g/mol.